The normalized spacial score (nSPS) is 15.0. The molecule has 3 aromatic carbocycles. The summed E-state index contributed by atoms with van der Waals surface area (Å²) in [5.74, 6) is -0.0632. The van der Waals surface area contributed by atoms with Gasteiger partial charge in [-0.2, -0.15) is 13.2 Å². The topological polar surface area (TPSA) is 37.1 Å². The third-order valence-electron chi connectivity index (χ3n) is 7.09. The Morgan fingerprint density at radius 3 is 2.36 bits per heavy atom. The van der Waals surface area contributed by atoms with Crippen molar-refractivity contribution < 1.29 is 22.7 Å². The fourth-order valence-electron chi connectivity index (χ4n) is 4.71. The van der Waals surface area contributed by atoms with Crippen LogP contribution in [0.2, 0.25) is 0 Å². The Morgan fingerprint density at radius 1 is 1.03 bits per heavy atom. The highest BCUT2D eigenvalue weighted by molar-refractivity contribution is 7.80. The van der Waals surface area contributed by atoms with Crippen molar-refractivity contribution in [3.63, 3.8) is 0 Å². The molecule has 1 saturated heterocycles. The van der Waals surface area contributed by atoms with Gasteiger partial charge in [0.15, 0.2) is 10.8 Å². The van der Waals surface area contributed by atoms with Crippen LogP contribution in [0.4, 0.5) is 24.5 Å². The Kier molecular flexibility index (Phi) is 7.71. The molecule has 1 fully saturated rings. The number of hydrogen-bond acceptors (Lipinski definition) is 3. The van der Waals surface area contributed by atoms with Crippen LogP contribution >= 0.6 is 12.2 Å². The van der Waals surface area contributed by atoms with E-state index in [-0.39, 0.29) is 23.8 Å². The van der Waals surface area contributed by atoms with Gasteiger partial charge in [0.1, 0.15) is 11.3 Å². The van der Waals surface area contributed by atoms with E-state index in [0.29, 0.717) is 35.0 Å². The first-order valence-corrected chi connectivity index (χ1v) is 12.8. The molecule has 0 atom stereocenters. The Hall–Kier alpha value is -3.90. The zero-order valence-corrected chi connectivity index (χ0v) is 22.9. The van der Waals surface area contributed by atoms with Crippen molar-refractivity contribution in [2.45, 2.75) is 45.8 Å². The summed E-state index contributed by atoms with van der Waals surface area (Å²) in [6.07, 6.45) is -4.11. The molecule has 0 spiro atoms. The molecule has 0 unspecified atom stereocenters. The Balaban J connectivity index is 1.47. The highest BCUT2D eigenvalue weighted by atomic mass is 32.1. The van der Waals surface area contributed by atoms with Gasteiger partial charge in [-0.1, -0.05) is 42.5 Å². The van der Waals surface area contributed by atoms with E-state index in [1.54, 1.807) is 56.3 Å². The van der Waals surface area contributed by atoms with Crippen molar-refractivity contribution in [2.75, 3.05) is 18.1 Å². The van der Waals surface area contributed by atoms with Crippen LogP contribution in [-0.4, -0.2) is 34.6 Å². The minimum absolute atomic E-state index is 0.0909. The fraction of sp³-hybridized carbons (Fsp3) is 0.300. The largest absolute Gasteiger partial charge is 0.494 e. The van der Waals surface area contributed by atoms with E-state index in [4.69, 9.17) is 23.5 Å². The van der Waals surface area contributed by atoms with Crippen LogP contribution in [0.5, 0.6) is 5.75 Å². The number of carbonyl (C=O) groups excluding carboxylic acids is 1. The van der Waals surface area contributed by atoms with Gasteiger partial charge in [0.05, 0.1) is 24.4 Å². The summed E-state index contributed by atoms with van der Waals surface area (Å²) in [6, 6.07) is 15.8. The molecule has 1 aliphatic rings. The molecular weight excluding hydrogens is 523 g/mol. The molecule has 1 amide bonds. The molecular formula is C30H28F3N3O2S. The highest BCUT2D eigenvalue weighted by Crippen LogP contribution is 2.40. The summed E-state index contributed by atoms with van der Waals surface area (Å²) in [6.45, 7) is 15.1. The quantitative estimate of drug-likeness (QED) is 0.171. The molecule has 0 saturated carbocycles. The SMILES string of the molecule is [C-]#[N+]c1ccc(N2C(=O)C(C)(C)N(CCCOc3ccc(-c4ccccc4)c(C(F)(F)F)c3)C2=S)c(C)c1C. The molecule has 1 aliphatic heterocycles. The van der Waals surface area contributed by atoms with Crippen molar-refractivity contribution in [2.24, 2.45) is 0 Å². The summed E-state index contributed by atoms with van der Waals surface area (Å²) in [5, 5.41) is 0.342. The molecule has 3 aromatic rings. The summed E-state index contributed by atoms with van der Waals surface area (Å²) >= 11 is 5.70. The van der Waals surface area contributed by atoms with Crippen LogP contribution in [0.15, 0.2) is 60.7 Å². The van der Waals surface area contributed by atoms with Crippen LogP contribution in [0.3, 0.4) is 0 Å². The van der Waals surface area contributed by atoms with Crippen molar-refractivity contribution in [3.05, 3.63) is 88.8 Å². The summed E-state index contributed by atoms with van der Waals surface area (Å²) in [7, 11) is 0. The number of thiocarbonyl (C=S) groups is 1. The molecule has 39 heavy (non-hydrogen) atoms. The number of carbonyl (C=O) groups is 1. The second kappa shape index (κ2) is 10.7. The number of rotatable bonds is 7. The molecule has 0 aromatic heterocycles. The Bertz CT molecular complexity index is 1460. The first-order chi connectivity index (χ1) is 18.4. The minimum atomic E-state index is -4.54. The molecule has 9 heteroatoms. The number of benzene rings is 3. The highest BCUT2D eigenvalue weighted by Gasteiger charge is 2.49. The van der Waals surface area contributed by atoms with E-state index in [2.05, 4.69) is 4.85 Å². The van der Waals surface area contributed by atoms with Gasteiger partial charge >= 0.3 is 6.18 Å². The summed E-state index contributed by atoms with van der Waals surface area (Å²) in [4.78, 5) is 20.2. The standard InChI is InChI=1S/C30H28F3N3O2S/c1-19-20(2)26(15-14-25(19)34-5)36-27(37)29(3,4)35(28(36)39)16-9-17-38-22-12-13-23(21-10-7-6-8-11-21)24(18-22)30(31,32)33/h6-8,10-15,18H,9,16-17H2,1-4H3. The first kappa shape index (κ1) is 28.1. The Morgan fingerprint density at radius 2 is 1.72 bits per heavy atom. The average molecular weight is 552 g/mol. The first-order valence-electron chi connectivity index (χ1n) is 12.4. The van der Waals surface area contributed by atoms with Crippen LogP contribution in [0, 0.1) is 20.4 Å². The minimum Gasteiger partial charge on any atom is -0.494 e. The number of ether oxygens (including phenoxy) is 1. The molecule has 0 radical (unpaired) electrons. The summed E-state index contributed by atoms with van der Waals surface area (Å²) < 4.78 is 47.1. The maximum Gasteiger partial charge on any atom is 0.417 e. The van der Waals surface area contributed by atoms with Crippen molar-refractivity contribution in [1.29, 1.82) is 0 Å². The summed E-state index contributed by atoms with van der Waals surface area (Å²) in [5.41, 5.74) is 1.64. The zero-order chi connectivity index (χ0) is 28.5. The van der Waals surface area contributed by atoms with E-state index in [1.165, 1.54) is 17.0 Å². The lowest BCUT2D eigenvalue weighted by Crippen LogP contribution is -2.44. The second-order valence-corrected chi connectivity index (χ2v) is 10.2. The lowest BCUT2D eigenvalue weighted by atomic mass is 9.99. The predicted octanol–water partition coefficient (Wildman–Crippen LogP) is 7.72. The van der Waals surface area contributed by atoms with Gasteiger partial charge in [-0.15, -0.1) is 0 Å². The molecule has 1 heterocycles. The van der Waals surface area contributed by atoms with Crippen molar-refractivity contribution in [3.8, 4) is 16.9 Å². The Labute approximate surface area is 231 Å². The molecule has 202 valence electrons. The lowest BCUT2D eigenvalue weighted by Gasteiger charge is -2.29. The number of alkyl halides is 3. The average Bonchev–Trinajstić information content (AvgIpc) is 3.07. The predicted molar refractivity (Wildman–Crippen MR) is 150 cm³/mol. The monoisotopic (exact) mass is 551 g/mol. The maximum absolute atomic E-state index is 13.8. The number of anilines is 1. The van der Waals surface area contributed by atoms with E-state index < -0.39 is 17.3 Å². The number of hydrogen-bond donors (Lipinski definition) is 0. The number of amides is 1. The van der Waals surface area contributed by atoms with Crippen LogP contribution in [0.1, 0.15) is 37.0 Å². The molecule has 4 rings (SSSR count). The zero-order valence-electron chi connectivity index (χ0n) is 22.1. The van der Waals surface area contributed by atoms with Crippen LogP contribution < -0.4 is 9.64 Å². The van der Waals surface area contributed by atoms with Gasteiger partial charge in [-0.25, -0.2) is 4.85 Å². The van der Waals surface area contributed by atoms with Gasteiger partial charge in [-0.05, 0) is 86.8 Å². The molecule has 5 nitrogen and oxygen atoms in total. The van der Waals surface area contributed by atoms with Gasteiger partial charge in [-0.3, -0.25) is 9.69 Å². The maximum atomic E-state index is 13.8. The van der Waals surface area contributed by atoms with Crippen molar-refractivity contribution >= 4 is 34.6 Å². The molecule has 0 aliphatic carbocycles. The van der Waals surface area contributed by atoms with Gasteiger partial charge < -0.3 is 9.64 Å². The molecule has 0 bridgehead atoms. The molecule has 0 N–H and O–H groups in total. The number of halogens is 3. The lowest BCUT2D eigenvalue weighted by molar-refractivity contribution is -0.137. The number of nitrogens with zero attached hydrogens (tertiary/aromatic N) is 3. The third kappa shape index (κ3) is 5.34. The van der Waals surface area contributed by atoms with Gasteiger partial charge in [0.2, 0.25) is 0 Å². The fourth-order valence-corrected chi connectivity index (χ4v) is 5.21. The van der Waals surface area contributed by atoms with Gasteiger partial charge in [0, 0.05) is 6.54 Å². The second-order valence-electron chi connectivity index (χ2n) is 9.87. The van der Waals surface area contributed by atoms with Gasteiger partial charge in [0.25, 0.3) is 5.91 Å². The smallest absolute Gasteiger partial charge is 0.417 e. The van der Waals surface area contributed by atoms with E-state index in [0.717, 1.165) is 17.2 Å². The van der Waals surface area contributed by atoms with E-state index in [9.17, 15) is 18.0 Å². The van der Waals surface area contributed by atoms with Crippen LogP contribution in [-0.2, 0) is 11.0 Å². The van der Waals surface area contributed by atoms with E-state index in [1.807, 2.05) is 18.7 Å². The van der Waals surface area contributed by atoms with Crippen LogP contribution in [0.25, 0.3) is 16.0 Å². The van der Waals surface area contributed by atoms with E-state index >= 15 is 0 Å². The third-order valence-corrected chi connectivity index (χ3v) is 7.49. The van der Waals surface area contributed by atoms with Crippen molar-refractivity contribution in [1.82, 2.24) is 4.90 Å².